The quantitative estimate of drug-likeness (QED) is 0.0261. The summed E-state index contributed by atoms with van der Waals surface area (Å²) >= 11 is 0. The Balaban J connectivity index is 2.11. The summed E-state index contributed by atoms with van der Waals surface area (Å²) in [5.74, 6) is -0.179. The normalized spacial score (nSPS) is 18.2. The highest BCUT2D eigenvalue weighted by atomic mass is 16.7. The fourth-order valence-corrected chi connectivity index (χ4v) is 12.2. The minimum atomic E-state index is -1.57. The molecule has 6 N–H and O–H groups in total. The van der Waals surface area contributed by atoms with Crippen LogP contribution in [-0.4, -0.2) is 87.5 Å². The van der Waals surface area contributed by atoms with Crippen LogP contribution in [0, 0.1) is 0 Å². The fraction of sp³-hybridized carbons (Fsp3) is 0.883. The lowest BCUT2D eigenvalue weighted by Crippen LogP contribution is -2.60. The van der Waals surface area contributed by atoms with E-state index in [-0.39, 0.29) is 12.5 Å². The summed E-state index contributed by atoms with van der Waals surface area (Å²) in [7, 11) is 0. The maximum absolute atomic E-state index is 13.1. The molecule has 1 fully saturated rings. The van der Waals surface area contributed by atoms with Gasteiger partial charge in [0.25, 0.3) is 0 Å². The molecule has 0 spiro atoms. The lowest BCUT2D eigenvalue weighted by atomic mass is 9.99. The average Bonchev–Trinajstić information content (AvgIpc) is 2.60. The van der Waals surface area contributed by atoms with Gasteiger partial charge in [-0.2, -0.15) is 0 Å². The van der Waals surface area contributed by atoms with Crippen LogP contribution in [0.15, 0.2) is 48.6 Å². The number of hydrogen-bond donors (Lipinski definition) is 6. The molecule has 9 heteroatoms. The van der Waals surface area contributed by atoms with E-state index >= 15 is 0 Å². The summed E-state index contributed by atoms with van der Waals surface area (Å²) in [6.45, 7) is 3.81. The van der Waals surface area contributed by atoms with E-state index in [1.165, 1.54) is 315 Å². The smallest absolute Gasteiger partial charge is 0.220 e. The van der Waals surface area contributed by atoms with Gasteiger partial charge in [0.05, 0.1) is 25.4 Å². The third-order valence-corrected chi connectivity index (χ3v) is 18.1. The summed E-state index contributed by atoms with van der Waals surface area (Å²) in [6, 6.07) is -0.823. The van der Waals surface area contributed by atoms with E-state index in [0.29, 0.717) is 6.42 Å². The van der Waals surface area contributed by atoms with Gasteiger partial charge in [-0.25, -0.2) is 0 Å². The van der Waals surface area contributed by atoms with Crippen LogP contribution in [0.3, 0.4) is 0 Å². The van der Waals surface area contributed by atoms with E-state index in [1.807, 2.05) is 6.08 Å². The number of ether oxygens (including phenoxy) is 2. The number of nitrogens with one attached hydrogen (secondary N) is 1. The second kappa shape index (κ2) is 66.1. The van der Waals surface area contributed by atoms with Gasteiger partial charge in [-0.1, -0.05) is 358 Å². The Morgan fingerprint density at radius 1 is 0.395 bits per heavy atom. The molecule has 0 aromatic rings. The number of rotatable bonds is 67. The van der Waals surface area contributed by atoms with Crippen LogP contribution < -0.4 is 5.32 Å². The molecule has 1 aliphatic rings. The predicted molar refractivity (Wildman–Crippen MR) is 369 cm³/mol. The summed E-state index contributed by atoms with van der Waals surface area (Å²) in [5.41, 5.74) is 0. The van der Waals surface area contributed by atoms with Crippen LogP contribution in [0.2, 0.25) is 0 Å². The molecule has 9 nitrogen and oxygen atoms in total. The van der Waals surface area contributed by atoms with E-state index in [1.54, 1.807) is 6.08 Å². The second-order valence-corrected chi connectivity index (χ2v) is 26.4. The van der Waals surface area contributed by atoms with Crippen LogP contribution in [0.25, 0.3) is 0 Å². The van der Waals surface area contributed by atoms with Crippen molar-refractivity contribution in [2.45, 2.75) is 423 Å². The number of hydrogen-bond acceptors (Lipinski definition) is 8. The molecule has 0 aromatic carbocycles. The number of carbonyl (C=O) groups excluding carboxylic acids is 1. The summed E-state index contributed by atoms with van der Waals surface area (Å²) in [6.07, 6.45) is 83.9. The third-order valence-electron chi connectivity index (χ3n) is 18.1. The lowest BCUT2D eigenvalue weighted by molar-refractivity contribution is -0.302. The van der Waals surface area contributed by atoms with Gasteiger partial charge in [0, 0.05) is 6.42 Å². The van der Waals surface area contributed by atoms with Crippen molar-refractivity contribution in [2.75, 3.05) is 13.2 Å². The number of amides is 1. The topological polar surface area (TPSA) is 149 Å². The first-order valence-electron chi connectivity index (χ1n) is 37.9. The fourth-order valence-electron chi connectivity index (χ4n) is 12.2. The molecule has 1 saturated heterocycles. The minimum absolute atomic E-state index is 0.179. The standard InChI is InChI=1S/C77H145NO8/c1-3-5-7-9-11-13-15-17-19-21-23-25-27-29-31-33-35-36-37-39-41-43-45-47-49-51-53-55-57-59-61-63-65-67-73(81)78-70(69-85-77-76(84)75(83)74(82)72(68-79)86-77)71(80)66-64-62-60-58-56-54-52-50-48-46-44-42-40-38-34-32-30-28-26-24-22-20-18-16-14-12-10-8-6-4-2/h15,17,21,23,56,58,64,66,70-72,74-77,79-80,82-84H,3-14,16,18-20,22,24-55,57,59-63,65,67-69H2,1-2H3,(H,78,81)/b17-15-,23-21-,58-56+,66-64+. The zero-order valence-electron chi connectivity index (χ0n) is 56.8. The Morgan fingerprint density at radius 2 is 0.698 bits per heavy atom. The van der Waals surface area contributed by atoms with Gasteiger partial charge in [-0.3, -0.25) is 4.79 Å². The summed E-state index contributed by atoms with van der Waals surface area (Å²) < 4.78 is 11.3. The van der Waals surface area contributed by atoms with Crippen LogP contribution >= 0.6 is 0 Å². The largest absolute Gasteiger partial charge is 0.394 e. The van der Waals surface area contributed by atoms with Crippen molar-refractivity contribution in [2.24, 2.45) is 0 Å². The first-order chi connectivity index (χ1) is 42.3. The van der Waals surface area contributed by atoms with Gasteiger partial charge in [0.15, 0.2) is 6.29 Å². The molecule has 7 atom stereocenters. The molecule has 1 aliphatic heterocycles. The first kappa shape index (κ1) is 82.2. The Morgan fingerprint density at radius 3 is 1.05 bits per heavy atom. The van der Waals surface area contributed by atoms with Gasteiger partial charge < -0.3 is 40.3 Å². The molecule has 1 rings (SSSR count). The SMILES string of the molecule is CCCCCCC/C=C\C/C=C\CCCCCCCCCCCCCCCCCCCCCCCC(=O)NC(COC1OC(CO)C(O)C(O)C1O)C(O)/C=C/CC/C=C/CCCCCCCCCCCCCCCCCCCCCCCCCC. The predicted octanol–water partition coefficient (Wildman–Crippen LogP) is 21.1. The molecule has 506 valence electrons. The highest BCUT2D eigenvalue weighted by Crippen LogP contribution is 2.24. The molecule has 1 heterocycles. The molecular formula is C77H145NO8. The summed E-state index contributed by atoms with van der Waals surface area (Å²) in [5, 5.41) is 54.8. The molecule has 0 bridgehead atoms. The van der Waals surface area contributed by atoms with Crippen molar-refractivity contribution in [3.05, 3.63) is 48.6 Å². The first-order valence-corrected chi connectivity index (χ1v) is 37.9. The van der Waals surface area contributed by atoms with Crippen molar-refractivity contribution in [3.63, 3.8) is 0 Å². The van der Waals surface area contributed by atoms with Crippen LogP contribution in [0.1, 0.15) is 380 Å². The summed E-state index contributed by atoms with van der Waals surface area (Å²) in [4.78, 5) is 13.1. The van der Waals surface area contributed by atoms with E-state index in [2.05, 4.69) is 55.6 Å². The molecule has 7 unspecified atom stereocenters. The van der Waals surface area contributed by atoms with Crippen LogP contribution in [0.5, 0.6) is 0 Å². The monoisotopic (exact) mass is 1210 g/mol. The maximum atomic E-state index is 13.1. The van der Waals surface area contributed by atoms with E-state index < -0.39 is 49.5 Å². The molecule has 1 amide bonds. The molecule has 86 heavy (non-hydrogen) atoms. The second-order valence-electron chi connectivity index (χ2n) is 26.4. The van der Waals surface area contributed by atoms with Crippen molar-refractivity contribution in [1.82, 2.24) is 5.32 Å². The van der Waals surface area contributed by atoms with E-state index in [0.717, 1.165) is 44.9 Å². The van der Waals surface area contributed by atoms with E-state index in [4.69, 9.17) is 9.47 Å². The number of unbranched alkanes of at least 4 members (excludes halogenated alkanes) is 51. The highest BCUT2D eigenvalue weighted by Gasteiger charge is 2.44. The molecule has 0 radical (unpaired) electrons. The highest BCUT2D eigenvalue weighted by molar-refractivity contribution is 5.76. The lowest BCUT2D eigenvalue weighted by Gasteiger charge is -2.40. The maximum Gasteiger partial charge on any atom is 0.220 e. The van der Waals surface area contributed by atoms with Gasteiger partial charge >= 0.3 is 0 Å². The van der Waals surface area contributed by atoms with Crippen molar-refractivity contribution in [3.8, 4) is 0 Å². The number of carbonyl (C=O) groups is 1. The Hall–Kier alpha value is -1.85. The van der Waals surface area contributed by atoms with Crippen molar-refractivity contribution in [1.29, 1.82) is 0 Å². The van der Waals surface area contributed by atoms with Gasteiger partial charge in [-0.05, 0) is 64.2 Å². The van der Waals surface area contributed by atoms with Crippen molar-refractivity contribution < 1.29 is 39.8 Å². The molecule has 0 saturated carbocycles. The van der Waals surface area contributed by atoms with Crippen LogP contribution in [0.4, 0.5) is 0 Å². The zero-order valence-corrected chi connectivity index (χ0v) is 56.8. The Bertz CT molecular complexity index is 1500. The molecular weight excluding hydrogens is 1070 g/mol. The molecule has 0 aliphatic carbocycles. The number of aliphatic hydroxyl groups excluding tert-OH is 5. The van der Waals surface area contributed by atoms with E-state index in [9.17, 15) is 30.3 Å². The van der Waals surface area contributed by atoms with Gasteiger partial charge in [0.2, 0.25) is 5.91 Å². The Labute approximate surface area is 533 Å². The number of allylic oxidation sites excluding steroid dienone is 7. The Kier molecular flexibility index (Phi) is 63.1. The van der Waals surface area contributed by atoms with Gasteiger partial charge in [0.1, 0.15) is 24.4 Å². The van der Waals surface area contributed by atoms with Gasteiger partial charge in [-0.15, -0.1) is 0 Å². The third kappa shape index (κ3) is 53.9. The number of aliphatic hydroxyl groups is 5. The van der Waals surface area contributed by atoms with Crippen molar-refractivity contribution >= 4 is 5.91 Å². The molecule has 0 aromatic heterocycles. The average molecular weight is 1210 g/mol. The van der Waals surface area contributed by atoms with Crippen LogP contribution in [-0.2, 0) is 14.3 Å². The minimum Gasteiger partial charge on any atom is -0.394 e. The zero-order chi connectivity index (χ0) is 62.1.